The lowest BCUT2D eigenvalue weighted by Crippen LogP contribution is -2.33. The molecule has 0 saturated carbocycles. The van der Waals surface area contributed by atoms with Gasteiger partial charge in [-0.25, -0.2) is 19.3 Å². The number of aliphatic hydroxyl groups is 3. The molecule has 4 rings (SSSR count). The van der Waals surface area contributed by atoms with E-state index in [9.17, 15) is 19.7 Å². The van der Waals surface area contributed by atoms with E-state index >= 15 is 0 Å². The SMILES string of the molecule is Cc1ccc(Cl)c(CNc2ncnc3c2ncn3C2O[C@H](CO)[C@@H](O)[C@H]2O)c1F. The largest absolute Gasteiger partial charge is 0.394 e. The number of halogens is 2. The lowest BCUT2D eigenvalue weighted by atomic mass is 10.1. The van der Waals surface area contributed by atoms with Gasteiger partial charge >= 0.3 is 0 Å². The van der Waals surface area contributed by atoms with Crippen molar-refractivity contribution in [2.24, 2.45) is 0 Å². The highest BCUT2D eigenvalue weighted by Gasteiger charge is 2.44. The van der Waals surface area contributed by atoms with E-state index in [1.807, 2.05) is 0 Å². The molecule has 1 aliphatic heterocycles. The van der Waals surface area contributed by atoms with Gasteiger partial charge in [-0.1, -0.05) is 17.7 Å². The van der Waals surface area contributed by atoms with E-state index in [-0.39, 0.29) is 6.54 Å². The molecule has 0 radical (unpaired) electrons. The molecule has 0 aliphatic carbocycles. The van der Waals surface area contributed by atoms with Crippen molar-refractivity contribution in [3.8, 4) is 0 Å². The first-order valence-electron chi connectivity index (χ1n) is 8.89. The minimum Gasteiger partial charge on any atom is -0.394 e. The Hall–Kier alpha value is -2.37. The molecule has 1 fully saturated rings. The molecule has 3 heterocycles. The van der Waals surface area contributed by atoms with Crippen LogP contribution >= 0.6 is 11.6 Å². The predicted octanol–water partition coefficient (Wildman–Crippen LogP) is 1.15. The number of hydrogen-bond acceptors (Lipinski definition) is 8. The number of aromatic nitrogens is 4. The molecule has 2 aromatic heterocycles. The Balaban J connectivity index is 1.63. The molecule has 1 saturated heterocycles. The van der Waals surface area contributed by atoms with Gasteiger partial charge in [0.15, 0.2) is 23.2 Å². The van der Waals surface area contributed by atoms with Crippen molar-refractivity contribution in [3.63, 3.8) is 0 Å². The lowest BCUT2D eigenvalue weighted by Gasteiger charge is -2.16. The predicted molar refractivity (Wildman–Crippen MR) is 102 cm³/mol. The Morgan fingerprint density at radius 1 is 1.24 bits per heavy atom. The number of hydrogen-bond donors (Lipinski definition) is 4. The molecular formula is C18H19ClFN5O4. The molecule has 9 nitrogen and oxygen atoms in total. The maximum Gasteiger partial charge on any atom is 0.167 e. The molecule has 1 aromatic carbocycles. The number of anilines is 1. The third kappa shape index (κ3) is 3.43. The first-order valence-corrected chi connectivity index (χ1v) is 9.27. The minimum absolute atomic E-state index is 0.0825. The number of aliphatic hydroxyl groups excluding tert-OH is 3. The molecule has 4 atom stereocenters. The highest BCUT2D eigenvalue weighted by Crippen LogP contribution is 2.32. The Kier molecular flexibility index (Phi) is 5.36. The molecule has 1 unspecified atom stereocenters. The molecule has 4 N–H and O–H groups in total. The van der Waals surface area contributed by atoms with Gasteiger partial charge in [0.1, 0.15) is 30.5 Å². The van der Waals surface area contributed by atoms with Gasteiger partial charge in [-0.3, -0.25) is 4.57 Å². The van der Waals surface area contributed by atoms with Gasteiger partial charge < -0.3 is 25.4 Å². The molecule has 154 valence electrons. The zero-order valence-electron chi connectivity index (χ0n) is 15.3. The van der Waals surface area contributed by atoms with Crippen LogP contribution < -0.4 is 5.32 Å². The molecule has 0 amide bonds. The zero-order chi connectivity index (χ0) is 20.7. The van der Waals surface area contributed by atoms with Crippen LogP contribution in [0.15, 0.2) is 24.8 Å². The van der Waals surface area contributed by atoms with Crippen LogP contribution in [0.5, 0.6) is 0 Å². The van der Waals surface area contributed by atoms with Crippen molar-refractivity contribution in [1.82, 2.24) is 19.5 Å². The summed E-state index contributed by atoms with van der Waals surface area (Å²) >= 11 is 6.11. The first-order chi connectivity index (χ1) is 13.9. The van der Waals surface area contributed by atoms with E-state index in [0.717, 1.165) is 0 Å². The summed E-state index contributed by atoms with van der Waals surface area (Å²) in [6.07, 6.45) is -1.72. The van der Waals surface area contributed by atoms with Gasteiger partial charge in [-0.15, -0.1) is 0 Å². The first kappa shape index (κ1) is 19.9. The van der Waals surface area contributed by atoms with Crippen LogP contribution in [-0.4, -0.2) is 59.8 Å². The summed E-state index contributed by atoms with van der Waals surface area (Å²) in [7, 11) is 0. The lowest BCUT2D eigenvalue weighted by molar-refractivity contribution is -0.0511. The molecular weight excluding hydrogens is 405 g/mol. The zero-order valence-corrected chi connectivity index (χ0v) is 16.1. The number of nitrogens with one attached hydrogen (secondary N) is 1. The summed E-state index contributed by atoms with van der Waals surface area (Å²) in [4.78, 5) is 12.6. The van der Waals surface area contributed by atoms with E-state index < -0.39 is 37.0 Å². The van der Waals surface area contributed by atoms with E-state index in [1.165, 1.54) is 17.2 Å². The van der Waals surface area contributed by atoms with Crippen molar-refractivity contribution in [2.45, 2.75) is 38.0 Å². The van der Waals surface area contributed by atoms with Gasteiger partial charge in [-0.05, 0) is 18.6 Å². The Labute approximate surface area is 169 Å². The van der Waals surface area contributed by atoms with Gasteiger partial charge in [0.2, 0.25) is 0 Å². The van der Waals surface area contributed by atoms with E-state index in [2.05, 4.69) is 20.3 Å². The normalized spacial score (nSPS) is 24.3. The van der Waals surface area contributed by atoms with Crippen molar-refractivity contribution < 1.29 is 24.4 Å². The summed E-state index contributed by atoms with van der Waals surface area (Å²) in [5.74, 6) is -0.0511. The van der Waals surface area contributed by atoms with Gasteiger partial charge in [0.05, 0.1) is 12.9 Å². The fourth-order valence-corrected chi connectivity index (χ4v) is 3.54. The molecule has 11 heteroatoms. The minimum atomic E-state index is -1.27. The highest BCUT2D eigenvalue weighted by atomic mass is 35.5. The van der Waals surface area contributed by atoms with Crippen molar-refractivity contribution >= 4 is 28.6 Å². The fourth-order valence-electron chi connectivity index (χ4n) is 3.33. The third-order valence-electron chi connectivity index (χ3n) is 4.96. The maximum absolute atomic E-state index is 14.4. The van der Waals surface area contributed by atoms with Crippen molar-refractivity contribution in [2.75, 3.05) is 11.9 Å². The molecule has 0 spiro atoms. The summed E-state index contributed by atoms with van der Waals surface area (Å²) in [5.41, 5.74) is 1.50. The summed E-state index contributed by atoms with van der Waals surface area (Å²) in [6, 6.07) is 3.23. The monoisotopic (exact) mass is 423 g/mol. The second-order valence-corrected chi connectivity index (χ2v) is 7.19. The van der Waals surface area contributed by atoms with Gasteiger partial charge in [0, 0.05) is 17.1 Å². The Morgan fingerprint density at radius 3 is 2.76 bits per heavy atom. The molecule has 0 bridgehead atoms. The number of ether oxygens (including phenoxy) is 1. The highest BCUT2D eigenvalue weighted by molar-refractivity contribution is 6.31. The summed E-state index contributed by atoms with van der Waals surface area (Å²) in [6.45, 7) is 1.30. The number of imidazole rings is 1. The van der Waals surface area contributed by atoms with Crippen LogP contribution in [-0.2, 0) is 11.3 Å². The average molecular weight is 424 g/mol. The number of aryl methyl sites for hydroxylation is 1. The smallest absolute Gasteiger partial charge is 0.167 e. The second-order valence-electron chi connectivity index (χ2n) is 6.79. The van der Waals surface area contributed by atoms with Crippen LogP contribution in [0.2, 0.25) is 5.02 Å². The number of benzene rings is 1. The van der Waals surface area contributed by atoms with Crippen LogP contribution in [0.4, 0.5) is 10.2 Å². The van der Waals surface area contributed by atoms with Gasteiger partial charge in [0.25, 0.3) is 0 Å². The van der Waals surface area contributed by atoms with E-state index in [4.69, 9.17) is 16.3 Å². The van der Waals surface area contributed by atoms with Crippen LogP contribution in [0, 0.1) is 12.7 Å². The van der Waals surface area contributed by atoms with Crippen LogP contribution in [0.3, 0.4) is 0 Å². The van der Waals surface area contributed by atoms with E-state index in [1.54, 1.807) is 19.1 Å². The van der Waals surface area contributed by atoms with Crippen LogP contribution in [0.25, 0.3) is 11.2 Å². The summed E-state index contributed by atoms with van der Waals surface area (Å²) in [5, 5.41) is 32.8. The number of rotatable bonds is 5. The Bertz CT molecular complexity index is 1050. The Morgan fingerprint density at radius 2 is 2.03 bits per heavy atom. The number of nitrogens with zero attached hydrogens (tertiary/aromatic N) is 4. The average Bonchev–Trinajstić information content (AvgIpc) is 3.26. The van der Waals surface area contributed by atoms with Crippen molar-refractivity contribution in [1.29, 1.82) is 0 Å². The quantitative estimate of drug-likeness (QED) is 0.481. The van der Waals surface area contributed by atoms with Gasteiger partial charge in [-0.2, -0.15) is 0 Å². The molecule has 29 heavy (non-hydrogen) atoms. The maximum atomic E-state index is 14.4. The topological polar surface area (TPSA) is 126 Å². The fraction of sp³-hybridized carbons (Fsp3) is 0.389. The number of fused-ring (bicyclic) bond motifs is 1. The standard InChI is InChI=1S/C18H19ClFN5O4/c1-8-2-3-10(19)9(12(8)20)4-21-16-13-17(23-6-22-16)25(7-24-13)18-15(28)14(27)11(5-26)29-18/h2-3,6-7,11,14-15,18,26-28H,4-5H2,1H3,(H,21,22,23)/t11-,14-,15-,18?/m1/s1. The summed E-state index contributed by atoms with van der Waals surface area (Å²) < 4.78 is 21.3. The van der Waals surface area contributed by atoms with E-state index in [0.29, 0.717) is 33.1 Å². The molecule has 3 aromatic rings. The second kappa shape index (κ2) is 7.81. The van der Waals surface area contributed by atoms with Crippen LogP contribution in [0.1, 0.15) is 17.4 Å². The third-order valence-corrected chi connectivity index (χ3v) is 5.32. The van der Waals surface area contributed by atoms with Crippen molar-refractivity contribution in [3.05, 3.63) is 46.8 Å². The molecule has 1 aliphatic rings.